The summed E-state index contributed by atoms with van der Waals surface area (Å²) < 4.78 is 10.9. The monoisotopic (exact) mass is 193 g/mol. The van der Waals surface area contributed by atoms with Crippen LogP contribution in [0.4, 0.5) is 0 Å². The molecule has 1 heterocycles. The van der Waals surface area contributed by atoms with Crippen LogP contribution < -0.4 is 15.2 Å². The van der Waals surface area contributed by atoms with Crippen molar-refractivity contribution in [2.75, 3.05) is 13.7 Å². The number of nitrogens with two attached hydrogens (primary N) is 1. The fraction of sp³-hybridized carbons (Fsp3) is 0.455. The van der Waals surface area contributed by atoms with Gasteiger partial charge >= 0.3 is 0 Å². The number of methoxy groups -OCH3 is 1. The maximum atomic E-state index is 5.94. The highest BCUT2D eigenvalue weighted by atomic mass is 16.5. The summed E-state index contributed by atoms with van der Waals surface area (Å²) in [5.41, 5.74) is 7.03. The van der Waals surface area contributed by atoms with Crippen molar-refractivity contribution in [3.05, 3.63) is 23.8 Å². The smallest absolute Gasteiger partial charge is 0.126 e. The molecular formula is C11H15NO2. The van der Waals surface area contributed by atoms with Crippen LogP contribution in [0, 0.1) is 0 Å². The van der Waals surface area contributed by atoms with Gasteiger partial charge in [0.15, 0.2) is 0 Å². The van der Waals surface area contributed by atoms with E-state index in [2.05, 4.69) is 0 Å². The van der Waals surface area contributed by atoms with E-state index >= 15 is 0 Å². The number of hydrogen-bond acceptors (Lipinski definition) is 3. The summed E-state index contributed by atoms with van der Waals surface area (Å²) in [6.45, 7) is 0.696. The highest BCUT2D eigenvalue weighted by molar-refractivity contribution is 5.45. The van der Waals surface area contributed by atoms with Gasteiger partial charge in [0, 0.05) is 11.6 Å². The predicted octanol–water partition coefficient (Wildman–Crippen LogP) is 1.35. The fourth-order valence-electron chi connectivity index (χ4n) is 1.76. The summed E-state index contributed by atoms with van der Waals surface area (Å²) in [5, 5.41) is 0. The molecule has 1 aliphatic rings. The van der Waals surface area contributed by atoms with Gasteiger partial charge in [0.25, 0.3) is 0 Å². The van der Waals surface area contributed by atoms with Gasteiger partial charge in [-0.15, -0.1) is 0 Å². The van der Waals surface area contributed by atoms with Crippen LogP contribution >= 0.6 is 0 Å². The third-order valence-corrected chi connectivity index (χ3v) is 2.52. The lowest BCUT2D eigenvalue weighted by Crippen LogP contribution is -2.23. The first-order valence-electron chi connectivity index (χ1n) is 4.85. The Kier molecular flexibility index (Phi) is 2.59. The average Bonchev–Trinajstić information content (AvgIpc) is 2.38. The second-order valence-corrected chi connectivity index (χ2v) is 3.54. The van der Waals surface area contributed by atoms with Crippen LogP contribution in [0.15, 0.2) is 18.2 Å². The molecule has 1 atom stereocenters. The fourth-order valence-corrected chi connectivity index (χ4v) is 1.76. The van der Waals surface area contributed by atoms with E-state index in [1.54, 1.807) is 7.11 Å². The molecule has 0 spiro atoms. The van der Waals surface area contributed by atoms with E-state index in [-0.39, 0.29) is 6.04 Å². The van der Waals surface area contributed by atoms with Crippen molar-refractivity contribution in [2.45, 2.75) is 18.9 Å². The first kappa shape index (κ1) is 9.34. The van der Waals surface area contributed by atoms with Crippen LogP contribution in [0.2, 0.25) is 0 Å². The lowest BCUT2D eigenvalue weighted by atomic mass is 10.0. The Morgan fingerprint density at radius 1 is 1.50 bits per heavy atom. The second kappa shape index (κ2) is 3.88. The third-order valence-electron chi connectivity index (χ3n) is 2.52. The van der Waals surface area contributed by atoms with Crippen molar-refractivity contribution in [1.29, 1.82) is 0 Å². The molecular weight excluding hydrogens is 178 g/mol. The number of rotatable bonds is 1. The summed E-state index contributed by atoms with van der Waals surface area (Å²) in [4.78, 5) is 0. The standard InChI is InChI=1S/C11H15NO2/c1-13-10-3-2-4-11-9(10)7-8(12)5-6-14-11/h2-4,8H,5-7,12H2,1H3. The minimum absolute atomic E-state index is 0.174. The Bertz CT molecular complexity index is 325. The lowest BCUT2D eigenvalue weighted by molar-refractivity contribution is 0.309. The van der Waals surface area contributed by atoms with E-state index in [4.69, 9.17) is 15.2 Å². The molecule has 0 radical (unpaired) electrons. The summed E-state index contributed by atoms with van der Waals surface area (Å²) in [6.07, 6.45) is 1.73. The summed E-state index contributed by atoms with van der Waals surface area (Å²) >= 11 is 0. The molecule has 0 saturated carbocycles. The number of hydrogen-bond donors (Lipinski definition) is 1. The molecule has 1 unspecified atom stereocenters. The molecule has 76 valence electrons. The van der Waals surface area contributed by atoms with Crippen molar-refractivity contribution < 1.29 is 9.47 Å². The summed E-state index contributed by atoms with van der Waals surface area (Å²) in [6, 6.07) is 6.03. The van der Waals surface area contributed by atoms with Crippen LogP contribution in [-0.2, 0) is 6.42 Å². The van der Waals surface area contributed by atoms with Gasteiger partial charge < -0.3 is 15.2 Å². The zero-order valence-electron chi connectivity index (χ0n) is 8.32. The normalized spacial score (nSPS) is 20.6. The van der Waals surface area contributed by atoms with Crippen molar-refractivity contribution in [2.24, 2.45) is 5.73 Å². The van der Waals surface area contributed by atoms with Gasteiger partial charge in [-0.25, -0.2) is 0 Å². The van der Waals surface area contributed by atoms with Crippen molar-refractivity contribution in [3.8, 4) is 11.5 Å². The number of ether oxygens (including phenoxy) is 2. The topological polar surface area (TPSA) is 44.5 Å². The summed E-state index contributed by atoms with van der Waals surface area (Å²) in [7, 11) is 1.67. The highest BCUT2D eigenvalue weighted by Gasteiger charge is 2.17. The van der Waals surface area contributed by atoms with E-state index in [0.29, 0.717) is 6.61 Å². The zero-order chi connectivity index (χ0) is 9.97. The van der Waals surface area contributed by atoms with Gasteiger partial charge in [-0.1, -0.05) is 6.07 Å². The highest BCUT2D eigenvalue weighted by Crippen LogP contribution is 2.31. The molecule has 2 rings (SSSR count). The first-order chi connectivity index (χ1) is 6.81. The number of benzene rings is 1. The average molecular weight is 193 g/mol. The largest absolute Gasteiger partial charge is 0.496 e. The molecule has 0 aromatic heterocycles. The lowest BCUT2D eigenvalue weighted by Gasteiger charge is -2.11. The van der Waals surface area contributed by atoms with Crippen molar-refractivity contribution >= 4 is 0 Å². The van der Waals surface area contributed by atoms with E-state index in [1.165, 1.54) is 0 Å². The molecule has 14 heavy (non-hydrogen) atoms. The second-order valence-electron chi connectivity index (χ2n) is 3.54. The van der Waals surface area contributed by atoms with Crippen molar-refractivity contribution in [1.82, 2.24) is 0 Å². The van der Waals surface area contributed by atoms with Gasteiger partial charge in [0.1, 0.15) is 11.5 Å². The Balaban J connectivity index is 2.40. The van der Waals surface area contributed by atoms with Crippen molar-refractivity contribution in [3.63, 3.8) is 0 Å². The maximum absolute atomic E-state index is 5.94. The minimum atomic E-state index is 0.174. The molecule has 1 aromatic carbocycles. The van der Waals surface area contributed by atoms with Gasteiger partial charge in [0.2, 0.25) is 0 Å². The van der Waals surface area contributed by atoms with Crippen LogP contribution in [0.5, 0.6) is 11.5 Å². The van der Waals surface area contributed by atoms with Crippen LogP contribution in [-0.4, -0.2) is 19.8 Å². The molecule has 0 saturated heterocycles. The number of fused-ring (bicyclic) bond motifs is 1. The summed E-state index contributed by atoms with van der Waals surface area (Å²) in [5.74, 6) is 1.79. The van der Waals surface area contributed by atoms with Gasteiger partial charge in [-0.2, -0.15) is 0 Å². The predicted molar refractivity (Wildman–Crippen MR) is 54.8 cm³/mol. The molecule has 3 heteroatoms. The molecule has 1 aromatic rings. The molecule has 3 nitrogen and oxygen atoms in total. The van der Waals surface area contributed by atoms with Crippen LogP contribution in [0.1, 0.15) is 12.0 Å². The van der Waals surface area contributed by atoms with E-state index in [9.17, 15) is 0 Å². The SMILES string of the molecule is COc1cccc2c1CC(N)CCO2. The van der Waals surface area contributed by atoms with Gasteiger partial charge in [-0.3, -0.25) is 0 Å². The van der Waals surface area contributed by atoms with E-state index in [0.717, 1.165) is 29.9 Å². The molecule has 0 bridgehead atoms. The first-order valence-corrected chi connectivity index (χ1v) is 4.85. The van der Waals surface area contributed by atoms with E-state index in [1.807, 2.05) is 18.2 Å². The molecule has 1 aliphatic heterocycles. The third kappa shape index (κ3) is 1.68. The molecule has 0 amide bonds. The molecule has 2 N–H and O–H groups in total. The molecule has 0 fully saturated rings. The Morgan fingerprint density at radius 3 is 3.14 bits per heavy atom. The minimum Gasteiger partial charge on any atom is -0.496 e. The van der Waals surface area contributed by atoms with E-state index < -0.39 is 0 Å². The van der Waals surface area contributed by atoms with Gasteiger partial charge in [0.05, 0.1) is 13.7 Å². The Hall–Kier alpha value is -1.22. The molecule has 0 aliphatic carbocycles. The van der Waals surface area contributed by atoms with Gasteiger partial charge in [-0.05, 0) is 25.0 Å². The Morgan fingerprint density at radius 2 is 2.36 bits per heavy atom. The Labute approximate surface area is 83.8 Å². The van der Waals surface area contributed by atoms with Crippen LogP contribution in [0.25, 0.3) is 0 Å². The maximum Gasteiger partial charge on any atom is 0.126 e. The van der Waals surface area contributed by atoms with Crippen LogP contribution in [0.3, 0.4) is 0 Å². The zero-order valence-corrected chi connectivity index (χ0v) is 8.32. The quantitative estimate of drug-likeness (QED) is 0.732.